The Hall–Kier alpha value is -2.67. The van der Waals surface area contributed by atoms with Gasteiger partial charge in [-0.3, -0.25) is 19.8 Å². The molecule has 0 saturated carbocycles. The van der Waals surface area contributed by atoms with Gasteiger partial charge in [0.05, 0.1) is 5.52 Å². The number of H-pyrrole nitrogens is 2. The van der Waals surface area contributed by atoms with Gasteiger partial charge < -0.3 is 9.47 Å². The molecule has 1 atom stereocenters. The van der Waals surface area contributed by atoms with Crippen molar-refractivity contribution in [2.24, 2.45) is 0 Å². The third kappa shape index (κ3) is 3.54. The fourth-order valence-corrected chi connectivity index (χ4v) is 4.33. The number of nitrogens with zero attached hydrogens (tertiary/aromatic N) is 2. The SMILES string of the molecule is O=C(C(c1ccccc1)n1ccc2[nH][nH]c(=O)c2c1=S)N1CCCCCCC1. The highest BCUT2D eigenvalue weighted by atomic mass is 32.1. The number of hydrogen-bond acceptors (Lipinski definition) is 3. The number of pyridine rings is 1. The van der Waals surface area contributed by atoms with Crippen molar-refractivity contribution < 1.29 is 4.79 Å². The predicted molar refractivity (Wildman–Crippen MR) is 112 cm³/mol. The summed E-state index contributed by atoms with van der Waals surface area (Å²) < 4.78 is 2.13. The molecule has 1 amide bonds. The lowest BCUT2D eigenvalue weighted by Crippen LogP contribution is -2.39. The van der Waals surface area contributed by atoms with Crippen LogP contribution in [0.25, 0.3) is 10.9 Å². The van der Waals surface area contributed by atoms with Crippen molar-refractivity contribution in [3.05, 3.63) is 63.2 Å². The van der Waals surface area contributed by atoms with Gasteiger partial charge in [-0.2, -0.15) is 0 Å². The molecule has 0 spiro atoms. The summed E-state index contributed by atoms with van der Waals surface area (Å²) in [6, 6.07) is 10.9. The van der Waals surface area contributed by atoms with E-state index in [0.717, 1.165) is 44.3 Å². The monoisotopic (exact) mass is 396 g/mol. The minimum Gasteiger partial charge on any atom is -0.341 e. The Kier molecular flexibility index (Phi) is 5.43. The lowest BCUT2D eigenvalue weighted by molar-refractivity contribution is -0.134. The Morgan fingerprint density at radius 1 is 0.964 bits per heavy atom. The first-order valence-corrected chi connectivity index (χ1v) is 10.2. The highest BCUT2D eigenvalue weighted by molar-refractivity contribution is 7.71. The number of benzene rings is 1. The fraction of sp³-hybridized carbons (Fsp3) is 0.381. The zero-order valence-electron chi connectivity index (χ0n) is 15.7. The average molecular weight is 397 g/mol. The summed E-state index contributed by atoms with van der Waals surface area (Å²) in [5, 5.41) is 5.82. The number of aromatic nitrogens is 3. The highest BCUT2D eigenvalue weighted by Gasteiger charge is 2.28. The number of aromatic amines is 2. The van der Waals surface area contributed by atoms with Gasteiger partial charge in [-0.15, -0.1) is 0 Å². The van der Waals surface area contributed by atoms with E-state index in [0.29, 0.717) is 15.5 Å². The maximum absolute atomic E-state index is 13.6. The first kappa shape index (κ1) is 18.7. The lowest BCUT2D eigenvalue weighted by Gasteiger charge is -2.30. The number of likely N-dealkylation sites (tertiary alicyclic amines) is 1. The third-order valence-electron chi connectivity index (χ3n) is 5.45. The van der Waals surface area contributed by atoms with Gasteiger partial charge in [0.2, 0.25) is 5.91 Å². The fourth-order valence-electron chi connectivity index (χ4n) is 3.96. The minimum absolute atomic E-state index is 0.0375. The van der Waals surface area contributed by atoms with E-state index in [1.165, 1.54) is 6.42 Å². The molecule has 2 N–H and O–H groups in total. The average Bonchev–Trinajstić information content (AvgIpc) is 3.06. The summed E-state index contributed by atoms with van der Waals surface area (Å²) in [6.07, 6.45) is 7.40. The quantitative estimate of drug-likeness (QED) is 0.662. The van der Waals surface area contributed by atoms with Crippen molar-refractivity contribution in [2.45, 2.75) is 38.1 Å². The summed E-state index contributed by atoms with van der Waals surface area (Å²) in [5.41, 5.74) is 1.26. The molecule has 6 nitrogen and oxygen atoms in total. The smallest absolute Gasteiger partial charge is 0.274 e. The standard InChI is InChI=1S/C21H24N4O2S/c26-19-17-16(22-23-19)11-14-25(21(17)28)18(15-9-5-4-6-10-15)20(27)24-12-7-2-1-3-8-13-24/h4-6,9-11,14,18H,1-3,7-8,12-13H2,(H2,22,23,26). The van der Waals surface area contributed by atoms with E-state index in [9.17, 15) is 9.59 Å². The summed E-state index contributed by atoms with van der Waals surface area (Å²) in [4.78, 5) is 27.8. The molecule has 3 heterocycles. The van der Waals surface area contributed by atoms with Crippen molar-refractivity contribution in [1.82, 2.24) is 19.7 Å². The molecule has 0 radical (unpaired) electrons. The summed E-state index contributed by atoms with van der Waals surface area (Å²) in [5.74, 6) is 0.0375. The van der Waals surface area contributed by atoms with Crippen LogP contribution in [0.15, 0.2) is 47.4 Å². The lowest BCUT2D eigenvalue weighted by atomic mass is 10.0. The number of carbonyl (C=O) groups is 1. The van der Waals surface area contributed by atoms with Crippen molar-refractivity contribution in [3.8, 4) is 0 Å². The van der Waals surface area contributed by atoms with Crippen LogP contribution in [0.2, 0.25) is 0 Å². The second kappa shape index (κ2) is 8.14. The Bertz CT molecular complexity index is 1070. The minimum atomic E-state index is -0.577. The Labute approximate surface area is 168 Å². The molecule has 0 bridgehead atoms. The van der Waals surface area contributed by atoms with E-state index in [1.807, 2.05) is 35.2 Å². The molecule has 0 aliphatic carbocycles. The molecule has 3 aromatic rings. The van der Waals surface area contributed by atoms with Crippen molar-refractivity contribution in [1.29, 1.82) is 0 Å². The van der Waals surface area contributed by atoms with E-state index < -0.39 is 6.04 Å². The number of hydrogen-bond donors (Lipinski definition) is 2. The number of rotatable bonds is 3. The van der Waals surface area contributed by atoms with Gasteiger partial charge >= 0.3 is 0 Å². The van der Waals surface area contributed by atoms with Gasteiger partial charge in [-0.1, -0.05) is 61.8 Å². The highest BCUT2D eigenvalue weighted by Crippen LogP contribution is 2.25. The molecular formula is C21H24N4O2S. The van der Waals surface area contributed by atoms with Crippen LogP contribution in [0, 0.1) is 4.64 Å². The zero-order chi connectivity index (χ0) is 19.5. The van der Waals surface area contributed by atoms with Gasteiger partial charge in [-0.25, -0.2) is 0 Å². The van der Waals surface area contributed by atoms with Crippen LogP contribution >= 0.6 is 12.2 Å². The molecule has 28 heavy (non-hydrogen) atoms. The molecule has 1 saturated heterocycles. The van der Waals surface area contributed by atoms with Crippen LogP contribution in [0.4, 0.5) is 0 Å². The summed E-state index contributed by atoms with van der Waals surface area (Å²) >= 11 is 5.63. The summed E-state index contributed by atoms with van der Waals surface area (Å²) in [6.45, 7) is 1.53. The van der Waals surface area contributed by atoms with E-state index in [1.54, 1.807) is 16.8 Å². The van der Waals surface area contributed by atoms with E-state index >= 15 is 0 Å². The number of carbonyl (C=O) groups excluding carboxylic acids is 1. The Morgan fingerprint density at radius 3 is 2.36 bits per heavy atom. The summed E-state index contributed by atoms with van der Waals surface area (Å²) in [7, 11) is 0. The Balaban J connectivity index is 1.82. The van der Waals surface area contributed by atoms with Gasteiger partial charge in [0.1, 0.15) is 16.1 Å². The molecular weight excluding hydrogens is 372 g/mol. The molecule has 1 fully saturated rings. The Morgan fingerprint density at radius 2 is 1.64 bits per heavy atom. The van der Waals surface area contributed by atoms with Gasteiger partial charge in [0.15, 0.2) is 0 Å². The van der Waals surface area contributed by atoms with Crippen LogP contribution in [0.5, 0.6) is 0 Å². The van der Waals surface area contributed by atoms with E-state index in [-0.39, 0.29) is 11.5 Å². The van der Waals surface area contributed by atoms with Crippen LogP contribution in [-0.4, -0.2) is 38.7 Å². The first-order chi connectivity index (χ1) is 13.7. The van der Waals surface area contributed by atoms with E-state index in [4.69, 9.17) is 12.2 Å². The molecule has 1 aromatic carbocycles. The maximum Gasteiger partial charge on any atom is 0.274 e. The molecule has 1 aliphatic rings. The van der Waals surface area contributed by atoms with Crippen LogP contribution in [0.1, 0.15) is 43.7 Å². The largest absolute Gasteiger partial charge is 0.341 e. The van der Waals surface area contributed by atoms with E-state index in [2.05, 4.69) is 10.2 Å². The van der Waals surface area contributed by atoms with Gasteiger partial charge in [0, 0.05) is 19.3 Å². The van der Waals surface area contributed by atoms with Crippen molar-refractivity contribution in [2.75, 3.05) is 13.1 Å². The third-order valence-corrected chi connectivity index (χ3v) is 5.87. The predicted octanol–water partition coefficient (Wildman–Crippen LogP) is 3.77. The second-order valence-corrected chi connectivity index (χ2v) is 7.69. The molecule has 1 aliphatic heterocycles. The topological polar surface area (TPSA) is 73.9 Å². The van der Waals surface area contributed by atoms with Crippen molar-refractivity contribution >= 4 is 29.0 Å². The van der Waals surface area contributed by atoms with Crippen LogP contribution < -0.4 is 5.56 Å². The van der Waals surface area contributed by atoms with Crippen LogP contribution in [-0.2, 0) is 4.79 Å². The zero-order valence-corrected chi connectivity index (χ0v) is 16.5. The number of amides is 1. The van der Waals surface area contributed by atoms with Crippen LogP contribution in [0.3, 0.4) is 0 Å². The molecule has 7 heteroatoms. The maximum atomic E-state index is 13.6. The number of nitrogens with one attached hydrogen (secondary N) is 2. The first-order valence-electron chi connectivity index (χ1n) is 9.82. The van der Waals surface area contributed by atoms with Gasteiger partial charge in [-0.05, 0) is 24.5 Å². The number of fused-ring (bicyclic) bond motifs is 1. The molecule has 2 aromatic heterocycles. The molecule has 146 valence electrons. The van der Waals surface area contributed by atoms with Gasteiger partial charge in [0.25, 0.3) is 5.56 Å². The normalized spacial score (nSPS) is 16.5. The second-order valence-electron chi connectivity index (χ2n) is 7.30. The molecule has 1 unspecified atom stereocenters. The molecule has 4 rings (SSSR count). The van der Waals surface area contributed by atoms with Crippen molar-refractivity contribution in [3.63, 3.8) is 0 Å².